The number of sulfone groups is 1. The normalized spacial score (nSPS) is 11.6. The van der Waals surface area contributed by atoms with E-state index in [1.807, 2.05) is 0 Å². The van der Waals surface area contributed by atoms with E-state index in [1.54, 1.807) is 0 Å². The monoisotopic (exact) mass is 282 g/mol. The predicted molar refractivity (Wildman–Crippen MR) is 67.7 cm³/mol. The Balaban J connectivity index is 2.58. The first-order valence-electron chi connectivity index (χ1n) is 5.60. The molecule has 0 fully saturated rings. The van der Waals surface area contributed by atoms with Crippen LogP contribution in [0, 0.1) is 25.5 Å². The predicted octanol–water partition coefficient (Wildman–Crippen LogP) is 3.41. The van der Waals surface area contributed by atoms with Crippen LogP contribution in [-0.2, 0) is 9.84 Å². The van der Waals surface area contributed by atoms with Gasteiger partial charge in [0.2, 0.25) is 9.84 Å². The van der Waals surface area contributed by atoms with Crippen molar-refractivity contribution in [1.29, 1.82) is 0 Å². The zero-order valence-corrected chi connectivity index (χ0v) is 11.3. The van der Waals surface area contributed by atoms with Crippen LogP contribution in [-0.4, -0.2) is 8.42 Å². The Labute approximate surface area is 110 Å². The summed E-state index contributed by atoms with van der Waals surface area (Å²) in [6.07, 6.45) is 0. The molecule has 2 rings (SSSR count). The molecule has 0 saturated carbocycles. The third-order valence-corrected chi connectivity index (χ3v) is 4.66. The fourth-order valence-electron chi connectivity index (χ4n) is 1.62. The molecule has 0 spiro atoms. The zero-order valence-electron chi connectivity index (χ0n) is 10.4. The maximum absolute atomic E-state index is 13.4. The Kier molecular flexibility index (Phi) is 3.41. The van der Waals surface area contributed by atoms with Gasteiger partial charge >= 0.3 is 0 Å². The number of benzene rings is 2. The lowest BCUT2D eigenvalue weighted by molar-refractivity contribution is 0.584. The Morgan fingerprint density at radius 3 is 1.47 bits per heavy atom. The molecule has 0 saturated heterocycles. The second-order valence-electron chi connectivity index (χ2n) is 4.33. The Morgan fingerprint density at radius 1 is 0.789 bits per heavy atom. The smallest absolute Gasteiger partial charge is 0.206 e. The first-order chi connectivity index (χ1) is 8.82. The SMILES string of the molecule is Cc1ccc(S(=O)(=O)c2ccc(C)c(F)c2)cc1F. The van der Waals surface area contributed by atoms with Crippen molar-refractivity contribution < 1.29 is 17.2 Å². The van der Waals surface area contributed by atoms with E-state index >= 15 is 0 Å². The molecule has 0 heterocycles. The topological polar surface area (TPSA) is 34.1 Å². The van der Waals surface area contributed by atoms with Gasteiger partial charge in [0.1, 0.15) is 11.6 Å². The highest BCUT2D eigenvalue weighted by molar-refractivity contribution is 7.91. The van der Waals surface area contributed by atoms with Gasteiger partial charge in [-0.2, -0.15) is 0 Å². The molecule has 2 nitrogen and oxygen atoms in total. The van der Waals surface area contributed by atoms with Crippen molar-refractivity contribution >= 4 is 9.84 Å². The van der Waals surface area contributed by atoms with Gasteiger partial charge in [-0.05, 0) is 49.2 Å². The summed E-state index contributed by atoms with van der Waals surface area (Å²) in [4.78, 5) is -0.363. The molecule has 0 radical (unpaired) electrons. The van der Waals surface area contributed by atoms with Crippen LogP contribution in [0.5, 0.6) is 0 Å². The van der Waals surface area contributed by atoms with Crippen LogP contribution in [0.25, 0.3) is 0 Å². The quantitative estimate of drug-likeness (QED) is 0.846. The Hall–Kier alpha value is -1.75. The van der Waals surface area contributed by atoms with Gasteiger partial charge in [-0.25, -0.2) is 17.2 Å². The van der Waals surface area contributed by atoms with Gasteiger partial charge in [-0.3, -0.25) is 0 Å². The van der Waals surface area contributed by atoms with Gasteiger partial charge in [0.05, 0.1) is 9.79 Å². The summed E-state index contributed by atoms with van der Waals surface area (Å²) >= 11 is 0. The summed E-state index contributed by atoms with van der Waals surface area (Å²) < 4.78 is 51.3. The Morgan fingerprint density at radius 2 is 1.16 bits per heavy atom. The highest BCUT2D eigenvalue weighted by atomic mass is 32.2. The molecular formula is C14H12F2O2S. The summed E-state index contributed by atoms with van der Waals surface area (Å²) in [5.74, 6) is -1.21. The van der Waals surface area contributed by atoms with Crippen molar-refractivity contribution in [3.05, 3.63) is 59.2 Å². The second kappa shape index (κ2) is 4.74. The molecule has 0 atom stereocenters. The maximum Gasteiger partial charge on any atom is 0.206 e. The van der Waals surface area contributed by atoms with E-state index in [9.17, 15) is 17.2 Å². The van der Waals surface area contributed by atoms with Crippen LogP contribution < -0.4 is 0 Å². The molecule has 0 aliphatic carbocycles. The van der Waals surface area contributed by atoms with Crippen molar-refractivity contribution in [2.75, 3.05) is 0 Å². The van der Waals surface area contributed by atoms with Crippen LogP contribution in [0.1, 0.15) is 11.1 Å². The number of aryl methyl sites for hydroxylation is 2. The largest absolute Gasteiger partial charge is 0.219 e. The van der Waals surface area contributed by atoms with Crippen LogP contribution in [0.3, 0.4) is 0 Å². The van der Waals surface area contributed by atoms with Crippen LogP contribution in [0.2, 0.25) is 0 Å². The summed E-state index contributed by atoms with van der Waals surface area (Å²) in [5, 5.41) is 0. The van der Waals surface area contributed by atoms with Gasteiger partial charge in [0.25, 0.3) is 0 Å². The third kappa shape index (κ3) is 2.51. The van der Waals surface area contributed by atoms with E-state index in [0.717, 1.165) is 12.1 Å². The highest BCUT2D eigenvalue weighted by Crippen LogP contribution is 2.24. The lowest BCUT2D eigenvalue weighted by Crippen LogP contribution is -2.04. The summed E-state index contributed by atoms with van der Waals surface area (Å²) in [7, 11) is -3.90. The van der Waals surface area contributed by atoms with Crippen molar-refractivity contribution in [1.82, 2.24) is 0 Å². The maximum atomic E-state index is 13.4. The van der Waals surface area contributed by atoms with Crippen LogP contribution >= 0.6 is 0 Å². The lowest BCUT2D eigenvalue weighted by atomic mass is 10.2. The van der Waals surface area contributed by atoms with Crippen molar-refractivity contribution in [2.45, 2.75) is 23.6 Å². The zero-order chi connectivity index (χ0) is 14.2. The summed E-state index contributed by atoms with van der Waals surface area (Å²) in [6.45, 7) is 3.08. The first kappa shape index (κ1) is 13.7. The highest BCUT2D eigenvalue weighted by Gasteiger charge is 2.19. The molecule has 0 unspecified atom stereocenters. The van der Waals surface area contributed by atoms with Crippen molar-refractivity contribution in [3.8, 4) is 0 Å². The van der Waals surface area contributed by atoms with Crippen molar-refractivity contribution in [3.63, 3.8) is 0 Å². The molecule has 2 aromatic carbocycles. The molecule has 0 aliphatic heterocycles. The number of hydrogen-bond acceptors (Lipinski definition) is 2. The fourth-order valence-corrected chi connectivity index (χ4v) is 2.90. The minimum atomic E-state index is -3.90. The minimum absolute atomic E-state index is 0.182. The van der Waals surface area contributed by atoms with E-state index in [4.69, 9.17) is 0 Å². The van der Waals surface area contributed by atoms with E-state index in [1.165, 1.54) is 38.1 Å². The summed E-state index contributed by atoms with van der Waals surface area (Å²) in [6, 6.07) is 7.28. The molecular weight excluding hydrogens is 270 g/mol. The molecule has 2 aromatic rings. The van der Waals surface area contributed by atoms with Crippen LogP contribution in [0.15, 0.2) is 46.2 Å². The third-order valence-electron chi connectivity index (χ3n) is 2.91. The molecule has 0 bridgehead atoms. The number of rotatable bonds is 2. The van der Waals surface area contributed by atoms with Gasteiger partial charge in [0.15, 0.2) is 0 Å². The number of hydrogen-bond donors (Lipinski definition) is 0. The number of halogens is 2. The minimum Gasteiger partial charge on any atom is -0.219 e. The van der Waals surface area contributed by atoms with E-state index in [2.05, 4.69) is 0 Å². The van der Waals surface area contributed by atoms with Crippen LogP contribution in [0.4, 0.5) is 8.78 Å². The second-order valence-corrected chi connectivity index (χ2v) is 6.28. The molecule has 19 heavy (non-hydrogen) atoms. The van der Waals surface area contributed by atoms with E-state index < -0.39 is 21.5 Å². The van der Waals surface area contributed by atoms with E-state index in [-0.39, 0.29) is 9.79 Å². The molecule has 100 valence electrons. The molecule has 0 amide bonds. The summed E-state index contributed by atoms with van der Waals surface area (Å²) in [5.41, 5.74) is 0.711. The average molecular weight is 282 g/mol. The van der Waals surface area contributed by atoms with Crippen molar-refractivity contribution in [2.24, 2.45) is 0 Å². The molecule has 0 N–H and O–H groups in total. The molecule has 0 aliphatic rings. The first-order valence-corrected chi connectivity index (χ1v) is 7.08. The average Bonchev–Trinajstić information content (AvgIpc) is 2.35. The van der Waals surface area contributed by atoms with Gasteiger partial charge in [-0.1, -0.05) is 12.1 Å². The van der Waals surface area contributed by atoms with E-state index in [0.29, 0.717) is 11.1 Å². The molecule has 5 heteroatoms. The Bertz CT molecular complexity index is 680. The van der Waals surface area contributed by atoms with Gasteiger partial charge in [0, 0.05) is 0 Å². The van der Waals surface area contributed by atoms with Gasteiger partial charge in [-0.15, -0.1) is 0 Å². The van der Waals surface area contributed by atoms with Gasteiger partial charge < -0.3 is 0 Å². The lowest BCUT2D eigenvalue weighted by Gasteiger charge is -2.07. The fraction of sp³-hybridized carbons (Fsp3) is 0.143. The molecule has 0 aromatic heterocycles. The standard InChI is InChI=1S/C14H12F2O2S/c1-9-3-5-11(7-13(9)15)19(17,18)12-6-4-10(2)14(16)8-12/h3-8H,1-2H3.